The average molecular weight is 219 g/mol. The number of hydrogen-bond acceptors (Lipinski definition) is 3. The number of thioether (sulfide) groups is 1. The molecule has 0 radical (unpaired) electrons. The molecule has 14 heavy (non-hydrogen) atoms. The van der Waals surface area contributed by atoms with E-state index in [9.17, 15) is 0 Å². The molecule has 0 aliphatic carbocycles. The fourth-order valence-electron chi connectivity index (χ4n) is 1.16. The zero-order valence-corrected chi connectivity index (χ0v) is 10.7. The van der Waals surface area contributed by atoms with Crippen molar-refractivity contribution >= 4 is 11.8 Å². The Morgan fingerprint density at radius 2 is 1.86 bits per heavy atom. The lowest BCUT2D eigenvalue weighted by Gasteiger charge is -2.21. The van der Waals surface area contributed by atoms with E-state index in [-0.39, 0.29) is 0 Å². The van der Waals surface area contributed by atoms with E-state index in [0.717, 1.165) is 13.2 Å². The first-order valence-corrected chi connectivity index (χ1v) is 6.54. The third-order valence-electron chi connectivity index (χ3n) is 2.33. The number of ether oxygens (including phenoxy) is 1. The molecule has 0 saturated heterocycles. The minimum Gasteiger partial charge on any atom is -0.385 e. The van der Waals surface area contributed by atoms with Crippen molar-refractivity contribution in [3.63, 3.8) is 0 Å². The molecule has 0 aliphatic heterocycles. The second kappa shape index (κ2) is 8.57. The number of hydrogen-bond donors (Lipinski definition) is 1. The molecule has 0 heterocycles. The SMILES string of the molecule is COCCCSCCCC(C)(C)CN. The molecular weight excluding hydrogens is 194 g/mol. The van der Waals surface area contributed by atoms with Crippen LogP contribution in [0.4, 0.5) is 0 Å². The monoisotopic (exact) mass is 219 g/mol. The van der Waals surface area contributed by atoms with Crippen molar-refractivity contribution in [3.8, 4) is 0 Å². The molecule has 0 amide bonds. The number of nitrogens with two attached hydrogens (primary N) is 1. The molecule has 0 rings (SSSR count). The first kappa shape index (κ1) is 14.3. The second-order valence-electron chi connectivity index (χ2n) is 4.43. The number of methoxy groups -OCH3 is 1. The van der Waals surface area contributed by atoms with Crippen LogP contribution < -0.4 is 5.73 Å². The zero-order valence-electron chi connectivity index (χ0n) is 9.84. The highest BCUT2D eigenvalue weighted by Crippen LogP contribution is 2.21. The fraction of sp³-hybridized carbons (Fsp3) is 1.00. The molecule has 86 valence electrons. The van der Waals surface area contributed by atoms with Crippen LogP contribution in [-0.4, -0.2) is 31.8 Å². The van der Waals surface area contributed by atoms with Crippen molar-refractivity contribution in [2.75, 3.05) is 31.8 Å². The van der Waals surface area contributed by atoms with Crippen LogP contribution in [0, 0.1) is 5.41 Å². The van der Waals surface area contributed by atoms with Crippen LogP contribution in [0.1, 0.15) is 33.1 Å². The molecule has 0 atom stereocenters. The van der Waals surface area contributed by atoms with Crippen molar-refractivity contribution in [2.45, 2.75) is 33.1 Å². The van der Waals surface area contributed by atoms with E-state index in [4.69, 9.17) is 10.5 Å². The summed E-state index contributed by atoms with van der Waals surface area (Å²) in [5, 5.41) is 0. The Labute approximate surface area is 93.0 Å². The summed E-state index contributed by atoms with van der Waals surface area (Å²) in [5.74, 6) is 2.48. The summed E-state index contributed by atoms with van der Waals surface area (Å²) >= 11 is 2.02. The van der Waals surface area contributed by atoms with Crippen LogP contribution in [0.3, 0.4) is 0 Å². The standard InChI is InChI=1S/C11H25NOS/c1-11(2,10-12)6-4-8-14-9-5-7-13-3/h4-10,12H2,1-3H3. The highest BCUT2D eigenvalue weighted by atomic mass is 32.2. The maximum absolute atomic E-state index is 5.66. The summed E-state index contributed by atoms with van der Waals surface area (Å²) in [6.07, 6.45) is 3.68. The van der Waals surface area contributed by atoms with Crippen LogP contribution in [0.15, 0.2) is 0 Å². The van der Waals surface area contributed by atoms with Crippen molar-refractivity contribution in [2.24, 2.45) is 11.1 Å². The van der Waals surface area contributed by atoms with E-state index >= 15 is 0 Å². The highest BCUT2D eigenvalue weighted by molar-refractivity contribution is 7.99. The van der Waals surface area contributed by atoms with Gasteiger partial charge in [0.2, 0.25) is 0 Å². The topological polar surface area (TPSA) is 35.2 Å². The molecule has 2 nitrogen and oxygen atoms in total. The summed E-state index contributed by atoms with van der Waals surface area (Å²) in [4.78, 5) is 0. The van der Waals surface area contributed by atoms with Gasteiger partial charge in [-0.15, -0.1) is 0 Å². The van der Waals surface area contributed by atoms with Crippen LogP contribution in [0.5, 0.6) is 0 Å². The lowest BCUT2D eigenvalue weighted by molar-refractivity contribution is 0.200. The van der Waals surface area contributed by atoms with E-state index in [1.165, 1.54) is 30.8 Å². The maximum atomic E-state index is 5.66. The van der Waals surface area contributed by atoms with Gasteiger partial charge >= 0.3 is 0 Å². The van der Waals surface area contributed by atoms with Gasteiger partial charge in [0, 0.05) is 13.7 Å². The average Bonchev–Trinajstić information content (AvgIpc) is 2.16. The van der Waals surface area contributed by atoms with Crippen molar-refractivity contribution in [1.29, 1.82) is 0 Å². The highest BCUT2D eigenvalue weighted by Gasteiger charge is 2.13. The van der Waals surface area contributed by atoms with Gasteiger partial charge in [-0.2, -0.15) is 11.8 Å². The van der Waals surface area contributed by atoms with Crippen molar-refractivity contribution in [1.82, 2.24) is 0 Å². The van der Waals surface area contributed by atoms with Gasteiger partial charge in [0.05, 0.1) is 0 Å². The predicted molar refractivity (Wildman–Crippen MR) is 65.9 cm³/mol. The fourth-order valence-corrected chi connectivity index (χ4v) is 2.04. The summed E-state index contributed by atoms with van der Waals surface area (Å²) in [6.45, 7) is 6.16. The minimum atomic E-state index is 0.326. The van der Waals surface area contributed by atoms with Gasteiger partial charge in [0.15, 0.2) is 0 Å². The van der Waals surface area contributed by atoms with Gasteiger partial charge in [-0.3, -0.25) is 0 Å². The van der Waals surface area contributed by atoms with Crippen molar-refractivity contribution in [3.05, 3.63) is 0 Å². The molecule has 0 aromatic heterocycles. The zero-order chi connectivity index (χ0) is 10.9. The molecule has 0 saturated carbocycles. The molecule has 0 bridgehead atoms. The molecular formula is C11H25NOS. The molecule has 0 aliphatic rings. The molecule has 0 fully saturated rings. The Hall–Kier alpha value is 0.270. The first-order chi connectivity index (χ1) is 6.62. The normalized spacial score (nSPS) is 12.0. The molecule has 0 unspecified atom stereocenters. The van der Waals surface area contributed by atoms with Gasteiger partial charge in [-0.25, -0.2) is 0 Å². The molecule has 3 heteroatoms. The van der Waals surface area contributed by atoms with E-state index < -0.39 is 0 Å². The largest absolute Gasteiger partial charge is 0.385 e. The van der Waals surface area contributed by atoms with E-state index in [2.05, 4.69) is 13.8 Å². The Morgan fingerprint density at radius 1 is 1.21 bits per heavy atom. The predicted octanol–water partition coefficient (Wildman–Crippen LogP) is 2.52. The summed E-state index contributed by atoms with van der Waals surface area (Å²) < 4.78 is 4.99. The van der Waals surface area contributed by atoms with Gasteiger partial charge in [0.1, 0.15) is 0 Å². The minimum absolute atomic E-state index is 0.326. The Morgan fingerprint density at radius 3 is 2.43 bits per heavy atom. The van der Waals surface area contributed by atoms with Gasteiger partial charge in [-0.05, 0) is 42.7 Å². The summed E-state index contributed by atoms with van der Waals surface area (Å²) in [6, 6.07) is 0. The molecule has 2 N–H and O–H groups in total. The van der Waals surface area contributed by atoms with Crippen LogP contribution in [0.25, 0.3) is 0 Å². The quantitative estimate of drug-likeness (QED) is 0.605. The maximum Gasteiger partial charge on any atom is 0.0470 e. The lowest BCUT2D eigenvalue weighted by atomic mass is 9.88. The van der Waals surface area contributed by atoms with E-state index in [1.807, 2.05) is 11.8 Å². The van der Waals surface area contributed by atoms with Crippen LogP contribution in [-0.2, 0) is 4.74 Å². The van der Waals surface area contributed by atoms with E-state index in [1.54, 1.807) is 7.11 Å². The Balaban J connectivity index is 3.13. The van der Waals surface area contributed by atoms with Gasteiger partial charge in [0.25, 0.3) is 0 Å². The van der Waals surface area contributed by atoms with Crippen molar-refractivity contribution < 1.29 is 4.74 Å². The van der Waals surface area contributed by atoms with Gasteiger partial charge < -0.3 is 10.5 Å². The smallest absolute Gasteiger partial charge is 0.0470 e. The number of rotatable bonds is 9. The molecule has 0 spiro atoms. The molecule has 0 aromatic rings. The summed E-state index contributed by atoms with van der Waals surface area (Å²) in [7, 11) is 1.76. The third-order valence-corrected chi connectivity index (χ3v) is 3.49. The first-order valence-electron chi connectivity index (χ1n) is 5.39. The third kappa shape index (κ3) is 8.85. The Bertz CT molecular complexity index is 128. The van der Waals surface area contributed by atoms with E-state index in [0.29, 0.717) is 5.41 Å². The van der Waals surface area contributed by atoms with Crippen LogP contribution in [0.2, 0.25) is 0 Å². The lowest BCUT2D eigenvalue weighted by Crippen LogP contribution is -2.23. The second-order valence-corrected chi connectivity index (χ2v) is 5.66. The summed E-state index contributed by atoms with van der Waals surface area (Å²) in [5.41, 5.74) is 5.99. The molecule has 0 aromatic carbocycles. The Kier molecular flexibility index (Phi) is 8.73. The van der Waals surface area contributed by atoms with Gasteiger partial charge in [-0.1, -0.05) is 13.8 Å². The van der Waals surface area contributed by atoms with Crippen LogP contribution >= 0.6 is 11.8 Å².